The molecular weight excluding hydrogens is 266 g/mol. The molecule has 1 aliphatic heterocycles. The van der Waals surface area contributed by atoms with Crippen molar-refractivity contribution < 1.29 is 4.79 Å². The normalized spacial score (nSPS) is 21.7. The van der Waals surface area contributed by atoms with E-state index in [1.165, 1.54) is 24.0 Å². The fraction of sp³-hybridized carbons (Fsp3) is 0.588. The highest BCUT2D eigenvalue weighted by Crippen LogP contribution is 2.29. The minimum atomic E-state index is 0.274. The third-order valence-corrected chi connectivity index (χ3v) is 5.59. The quantitative estimate of drug-likeness (QED) is 0.797. The first-order valence-electron chi connectivity index (χ1n) is 7.55. The van der Waals surface area contributed by atoms with E-state index < -0.39 is 0 Å². The van der Waals surface area contributed by atoms with E-state index in [2.05, 4.69) is 30.9 Å². The predicted molar refractivity (Wildman–Crippen MR) is 85.8 cm³/mol. The number of hydrogen-bond acceptors (Lipinski definition) is 3. The molecule has 0 saturated carbocycles. The molecular formula is C17H23NOS. The van der Waals surface area contributed by atoms with Gasteiger partial charge >= 0.3 is 0 Å². The second-order valence-electron chi connectivity index (χ2n) is 6.58. The number of fused-ring (bicyclic) bond motifs is 1. The highest BCUT2D eigenvalue weighted by Gasteiger charge is 2.28. The highest BCUT2D eigenvalue weighted by molar-refractivity contribution is 8.00. The number of thioether (sulfide) groups is 1. The molecule has 1 aromatic carbocycles. The molecule has 2 aliphatic rings. The third-order valence-electron chi connectivity index (χ3n) is 4.29. The number of Topliss-reactive ketones (excluding diaryl/α,β-unsaturated/α-hetero) is 1. The van der Waals surface area contributed by atoms with Crippen molar-refractivity contribution in [3.8, 4) is 0 Å². The largest absolute Gasteiger partial charge is 0.294 e. The number of carbonyl (C=O) groups excluding carboxylic acids is 1. The van der Waals surface area contributed by atoms with E-state index in [4.69, 9.17) is 0 Å². The number of hydrogen-bond donors (Lipinski definition) is 0. The van der Waals surface area contributed by atoms with E-state index in [0.717, 1.165) is 30.8 Å². The van der Waals surface area contributed by atoms with Crippen molar-refractivity contribution in [3.05, 3.63) is 34.9 Å². The summed E-state index contributed by atoms with van der Waals surface area (Å²) in [4.78, 5) is 14.8. The Morgan fingerprint density at radius 2 is 2.10 bits per heavy atom. The van der Waals surface area contributed by atoms with Crippen molar-refractivity contribution in [3.63, 3.8) is 0 Å². The lowest BCUT2D eigenvalue weighted by molar-refractivity contribution is 0.0927. The van der Waals surface area contributed by atoms with Crippen LogP contribution in [0.1, 0.15) is 41.8 Å². The molecule has 0 atom stereocenters. The maximum atomic E-state index is 12.5. The number of nitrogens with zero attached hydrogens (tertiary/aromatic N) is 1. The molecule has 0 aromatic heterocycles. The Balaban J connectivity index is 1.67. The Kier molecular flexibility index (Phi) is 3.91. The van der Waals surface area contributed by atoms with Gasteiger partial charge < -0.3 is 0 Å². The molecule has 108 valence electrons. The van der Waals surface area contributed by atoms with Gasteiger partial charge in [0.2, 0.25) is 0 Å². The van der Waals surface area contributed by atoms with Crippen molar-refractivity contribution in [1.82, 2.24) is 4.90 Å². The molecule has 0 spiro atoms. The molecule has 0 bridgehead atoms. The standard InChI is InChI=1S/C17H23NOS/c1-17(2)12-18(8-9-20-17)11-16(19)15-7-6-13-4-3-5-14(13)10-15/h6-7,10H,3-5,8-9,11-12H2,1-2H3. The minimum absolute atomic E-state index is 0.274. The summed E-state index contributed by atoms with van der Waals surface area (Å²) in [5, 5.41) is 0. The fourth-order valence-electron chi connectivity index (χ4n) is 3.29. The van der Waals surface area contributed by atoms with E-state index in [9.17, 15) is 4.79 Å². The summed E-state index contributed by atoms with van der Waals surface area (Å²) in [5.41, 5.74) is 3.74. The molecule has 0 radical (unpaired) electrons. The van der Waals surface area contributed by atoms with Crippen LogP contribution in [0.15, 0.2) is 18.2 Å². The molecule has 0 amide bonds. The van der Waals surface area contributed by atoms with Gasteiger partial charge in [-0.1, -0.05) is 12.1 Å². The summed E-state index contributed by atoms with van der Waals surface area (Å²) < 4.78 is 0.274. The van der Waals surface area contributed by atoms with Crippen LogP contribution in [0, 0.1) is 0 Å². The SMILES string of the molecule is CC1(C)CN(CC(=O)c2ccc3c(c2)CCC3)CCS1. The molecule has 1 fully saturated rings. The highest BCUT2D eigenvalue weighted by atomic mass is 32.2. The number of rotatable bonds is 3. The van der Waals surface area contributed by atoms with E-state index in [0.29, 0.717) is 6.54 Å². The van der Waals surface area contributed by atoms with Gasteiger partial charge in [-0.15, -0.1) is 0 Å². The Hall–Kier alpha value is -0.800. The fourth-order valence-corrected chi connectivity index (χ4v) is 4.46. The first kappa shape index (κ1) is 14.2. The topological polar surface area (TPSA) is 20.3 Å². The van der Waals surface area contributed by atoms with Gasteiger partial charge in [0, 0.05) is 29.2 Å². The van der Waals surface area contributed by atoms with E-state index in [1.807, 2.05) is 17.8 Å². The van der Waals surface area contributed by atoms with Crippen LogP contribution in [0.3, 0.4) is 0 Å². The van der Waals surface area contributed by atoms with Crippen molar-refractivity contribution in [2.75, 3.05) is 25.4 Å². The van der Waals surface area contributed by atoms with E-state index in [1.54, 1.807) is 0 Å². The third kappa shape index (κ3) is 3.09. The number of ketones is 1. The molecule has 3 rings (SSSR count). The Labute approximate surface area is 125 Å². The monoisotopic (exact) mass is 289 g/mol. The van der Waals surface area contributed by atoms with Crippen LogP contribution in [0.25, 0.3) is 0 Å². The molecule has 0 unspecified atom stereocenters. The molecule has 1 heterocycles. The minimum Gasteiger partial charge on any atom is -0.294 e. The van der Waals surface area contributed by atoms with Crippen LogP contribution in [0.5, 0.6) is 0 Å². The van der Waals surface area contributed by atoms with Crippen molar-refractivity contribution in [2.24, 2.45) is 0 Å². The van der Waals surface area contributed by atoms with Crippen molar-refractivity contribution >= 4 is 17.5 Å². The summed E-state index contributed by atoms with van der Waals surface area (Å²) >= 11 is 2.01. The zero-order valence-electron chi connectivity index (χ0n) is 12.4. The maximum Gasteiger partial charge on any atom is 0.176 e. The number of aryl methyl sites for hydroxylation is 2. The summed E-state index contributed by atoms with van der Waals surface area (Å²) in [5.74, 6) is 1.41. The summed E-state index contributed by atoms with van der Waals surface area (Å²) in [7, 11) is 0. The van der Waals surface area contributed by atoms with Crippen LogP contribution < -0.4 is 0 Å². The molecule has 1 aliphatic carbocycles. The summed E-state index contributed by atoms with van der Waals surface area (Å²) in [6.45, 7) is 7.15. The van der Waals surface area contributed by atoms with Crippen LogP contribution in [-0.2, 0) is 12.8 Å². The maximum absolute atomic E-state index is 12.5. The zero-order chi connectivity index (χ0) is 14.2. The molecule has 1 saturated heterocycles. The summed E-state index contributed by atoms with van der Waals surface area (Å²) in [6.07, 6.45) is 3.57. The average Bonchev–Trinajstić information content (AvgIpc) is 2.84. The molecule has 3 heteroatoms. The van der Waals surface area contributed by atoms with E-state index in [-0.39, 0.29) is 10.5 Å². The molecule has 2 nitrogen and oxygen atoms in total. The average molecular weight is 289 g/mol. The lowest BCUT2D eigenvalue weighted by Gasteiger charge is -2.37. The second-order valence-corrected chi connectivity index (χ2v) is 8.38. The molecule has 1 aromatic rings. The van der Waals surface area contributed by atoms with Gasteiger partial charge in [0.25, 0.3) is 0 Å². The van der Waals surface area contributed by atoms with Gasteiger partial charge in [-0.2, -0.15) is 11.8 Å². The van der Waals surface area contributed by atoms with Crippen molar-refractivity contribution in [1.29, 1.82) is 0 Å². The number of benzene rings is 1. The second kappa shape index (κ2) is 5.53. The molecule has 0 N–H and O–H groups in total. The van der Waals surface area contributed by atoms with Gasteiger partial charge in [-0.05, 0) is 50.3 Å². The first-order chi connectivity index (χ1) is 9.53. The first-order valence-corrected chi connectivity index (χ1v) is 8.53. The Bertz CT molecular complexity index is 524. The van der Waals surface area contributed by atoms with Crippen LogP contribution >= 0.6 is 11.8 Å². The van der Waals surface area contributed by atoms with Crippen molar-refractivity contribution in [2.45, 2.75) is 37.9 Å². The van der Waals surface area contributed by atoms with Gasteiger partial charge in [0.15, 0.2) is 5.78 Å². The van der Waals surface area contributed by atoms with E-state index >= 15 is 0 Å². The predicted octanol–water partition coefficient (Wildman–Crippen LogP) is 3.19. The van der Waals surface area contributed by atoms with Gasteiger partial charge in [0.1, 0.15) is 0 Å². The lowest BCUT2D eigenvalue weighted by Crippen LogP contribution is -2.45. The van der Waals surface area contributed by atoms with Crippen LogP contribution in [-0.4, -0.2) is 40.8 Å². The smallest absolute Gasteiger partial charge is 0.176 e. The van der Waals surface area contributed by atoms with Gasteiger partial charge in [0.05, 0.1) is 6.54 Å². The summed E-state index contributed by atoms with van der Waals surface area (Å²) in [6, 6.07) is 6.32. The van der Waals surface area contributed by atoms with Gasteiger partial charge in [-0.3, -0.25) is 9.69 Å². The van der Waals surface area contributed by atoms with Gasteiger partial charge in [-0.25, -0.2) is 0 Å². The molecule has 20 heavy (non-hydrogen) atoms. The van der Waals surface area contributed by atoms with Crippen LogP contribution in [0.4, 0.5) is 0 Å². The Morgan fingerprint density at radius 3 is 2.90 bits per heavy atom. The number of carbonyl (C=O) groups is 1. The van der Waals surface area contributed by atoms with Crippen LogP contribution in [0.2, 0.25) is 0 Å². The Morgan fingerprint density at radius 1 is 1.30 bits per heavy atom. The lowest BCUT2D eigenvalue weighted by atomic mass is 10.0. The zero-order valence-corrected chi connectivity index (χ0v) is 13.3.